The van der Waals surface area contributed by atoms with Crippen molar-refractivity contribution in [2.24, 2.45) is 0 Å². The molecule has 0 radical (unpaired) electrons. The van der Waals surface area contributed by atoms with Gasteiger partial charge >= 0.3 is 0 Å². The molecule has 3 aromatic rings. The first-order chi connectivity index (χ1) is 16.4. The van der Waals surface area contributed by atoms with Crippen molar-refractivity contribution in [1.29, 1.82) is 0 Å². The van der Waals surface area contributed by atoms with Gasteiger partial charge in [-0.15, -0.1) is 0 Å². The third-order valence-corrected chi connectivity index (χ3v) is 6.05. The Morgan fingerprint density at radius 3 is 2.18 bits per heavy atom. The molecule has 0 atom stereocenters. The van der Waals surface area contributed by atoms with Gasteiger partial charge in [-0.2, -0.15) is 0 Å². The van der Waals surface area contributed by atoms with Crippen LogP contribution in [0.15, 0.2) is 42.5 Å². The highest BCUT2D eigenvalue weighted by atomic mass is 16.5. The fourth-order valence-electron chi connectivity index (χ4n) is 4.33. The van der Waals surface area contributed by atoms with Crippen LogP contribution in [0.2, 0.25) is 0 Å². The maximum Gasteiger partial charge on any atom is 0.161 e. The second-order valence-electron chi connectivity index (χ2n) is 8.92. The van der Waals surface area contributed by atoms with E-state index >= 15 is 0 Å². The number of aryl methyl sites for hydroxylation is 4. The lowest BCUT2D eigenvalue weighted by molar-refractivity contribution is 0.227. The molecule has 1 heterocycles. The Morgan fingerprint density at radius 1 is 0.882 bits per heavy atom. The molecule has 0 bridgehead atoms. The van der Waals surface area contributed by atoms with Crippen LogP contribution in [-0.2, 0) is 25.9 Å². The number of methoxy groups -OCH3 is 1. The van der Waals surface area contributed by atoms with Gasteiger partial charge in [-0.25, -0.2) is 0 Å². The molecule has 0 aliphatic heterocycles. The molecule has 0 saturated carbocycles. The first-order valence-corrected chi connectivity index (χ1v) is 12.5. The van der Waals surface area contributed by atoms with E-state index in [4.69, 9.17) is 19.2 Å². The van der Waals surface area contributed by atoms with Crippen LogP contribution in [0.4, 0.5) is 0 Å². The van der Waals surface area contributed by atoms with Gasteiger partial charge in [0.25, 0.3) is 0 Å². The topological polar surface area (TPSA) is 40.6 Å². The van der Waals surface area contributed by atoms with Gasteiger partial charge in [0.15, 0.2) is 11.5 Å². The Labute approximate surface area is 205 Å². The van der Waals surface area contributed by atoms with Crippen molar-refractivity contribution < 1.29 is 14.2 Å². The van der Waals surface area contributed by atoms with Crippen LogP contribution in [0, 0.1) is 6.92 Å². The number of nitrogens with zero attached hydrogens (tertiary/aromatic N) is 1. The highest BCUT2D eigenvalue weighted by molar-refractivity contribution is 5.70. The van der Waals surface area contributed by atoms with E-state index in [2.05, 4.69) is 57.2 Å². The molecular formula is C30H39NO3. The number of pyridine rings is 1. The molecule has 3 rings (SSSR count). The van der Waals surface area contributed by atoms with Crippen LogP contribution in [0.1, 0.15) is 69.0 Å². The number of hydrogen-bond donors (Lipinski definition) is 0. The molecule has 1 aromatic heterocycles. The molecule has 0 N–H and O–H groups in total. The van der Waals surface area contributed by atoms with Crippen molar-refractivity contribution in [3.05, 3.63) is 70.4 Å². The average Bonchev–Trinajstić information content (AvgIpc) is 2.83. The van der Waals surface area contributed by atoms with Gasteiger partial charge < -0.3 is 14.2 Å². The summed E-state index contributed by atoms with van der Waals surface area (Å²) in [7, 11) is 1.68. The zero-order chi connectivity index (χ0) is 24.7. The smallest absolute Gasteiger partial charge is 0.161 e. The quantitative estimate of drug-likeness (QED) is 0.296. The van der Waals surface area contributed by atoms with Crippen molar-refractivity contribution in [3.63, 3.8) is 0 Å². The molecular weight excluding hydrogens is 422 g/mol. The minimum atomic E-state index is 0.0447. The van der Waals surface area contributed by atoms with Crippen LogP contribution in [0.3, 0.4) is 0 Å². The highest BCUT2D eigenvalue weighted by Gasteiger charge is 2.18. The lowest BCUT2D eigenvalue weighted by Gasteiger charge is -2.20. The van der Waals surface area contributed by atoms with Gasteiger partial charge in [0.05, 0.1) is 24.5 Å². The second-order valence-corrected chi connectivity index (χ2v) is 8.92. The molecule has 0 aliphatic carbocycles. The van der Waals surface area contributed by atoms with Crippen LogP contribution in [0.25, 0.3) is 11.3 Å². The van der Waals surface area contributed by atoms with Crippen LogP contribution in [-0.4, -0.2) is 18.2 Å². The summed E-state index contributed by atoms with van der Waals surface area (Å²) in [5.74, 6) is 2.31. The van der Waals surface area contributed by atoms with Crippen LogP contribution < -0.4 is 14.2 Å². The number of aromatic nitrogens is 1. The fraction of sp³-hybridized carbons (Fsp3) is 0.433. The lowest BCUT2D eigenvalue weighted by atomic mass is 9.94. The Balaban J connectivity index is 2.00. The first-order valence-electron chi connectivity index (χ1n) is 12.5. The van der Waals surface area contributed by atoms with Crippen molar-refractivity contribution in [3.8, 4) is 28.5 Å². The summed E-state index contributed by atoms with van der Waals surface area (Å²) in [4.78, 5) is 5.03. The Hall–Kier alpha value is -3.01. The number of ether oxygens (including phenoxy) is 3. The SMILES string of the molecule is CCCc1ccc(OCc2c(OC(C)C)cc(-c3c(CC)cccc3CC)nc2C)c(OC)c1. The van der Waals surface area contributed by atoms with Crippen molar-refractivity contribution in [2.75, 3.05) is 7.11 Å². The number of benzene rings is 2. The Morgan fingerprint density at radius 2 is 1.59 bits per heavy atom. The van der Waals surface area contributed by atoms with E-state index < -0.39 is 0 Å². The van der Waals surface area contributed by atoms with Crippen LogP contribution >= 0.6 is 0 Å². The average molecular weight is 462 g/mol. The van der Waals surface area contributed by atoms with E-state index in [9.17, 15) is 0 Å². The molecule has 0 unspecified atom stereocenters. The Bertz CT molecular complexity index is 1080. The zero-order valence-corrected chi connectivity index (χ0v) is 21.8. The molecule has 4 nitrogen and oxygen atoms in total. The van der Waals surface area contributed by atoms with E-state index in [0.717, 1.165) is 59.9 Å². The third-order valence-electron chi connectivity index (χ3n) is 6.05. The predicted octanol–water partition coefficient (Wildman–Crippen LogP) is 7.51. The predicted molar refractivity (Wildman–Crippen MR) is 140 cm³/mol. The minimum Gasteiger partial charge on any atom is -0.493 e. The maximum atomic E-state index is 6.28. The summed E-state index contributed by atoms with van der Waals surface area (Å²) in [6.45, 7) is 13.1. The van der Waals surface area contributed by atoms with Crippen LogP contribution in [0.5, 0.6) is 17.2 Å². The maximum absolute atomic E-state index is 6.28. The summed E-state index contributed by atoms with van der Waals surface area (Å²) in [5.41, 5.74) is 7.94. The second kappa shape index (κ2) is 11.9. The van der Waals surface area contributed by atoms with Gasteiger partial charge in [0.2, 0.25) is 0 Å². The summed E-state index contributed by atoms with van der Waals surface area (Å²) in [6, 6.07) is 14.8. The van der Waals surface area contributed by atoms with Gasteiger partial charge in [-0.1, -0.05) is 51.5 Å². The first kappa shape index (κ1) is 25.6. The van der Waals surface area contributed by atoms with E-state index in [-0.39, 0.29) is 6.10 Å². The van der Waals surface area contributed by atoms with Gasteiger partial charge in [-0.3, -0.25) is 4.98 Å². The van der Waals surface area contributed by atoms with Gasteiger partial charge in [0.1, 0.15) is 12.4 Å². The number of rotatable bonds is 11. The zero-order valence-electron chi connectivity index (χ0n) is 21.8. The van der Waals surface area contributed by atoms with Gasteiger partial charge in [0, 0.05) is 17.3 Å². The molecule has 0 spiro atoms. The number of hydrogen-bond acceptors (Lipinski definition) is 4. The normalized spacial score (nSPS) is 11.1. The van der Waals surface area contributed by atoms with E-state index in [0.29, 0.717) is 6.61 Å². The molecule has 0 aliphatic rings. The molecule has 34 heavy (non-hydrogen) atoms. The monoisotopic (exact) mass is 461 g/mol. The lowest BCUT2D eigenvalue weighted by Crippen LogP contribution is -2.12. The third kappa shape index (κ3) is 5.91. The molecule has 2 aromatic carbocycles. The standard InChI is InChI=1S/C30H39NO3/c1-8-12-22-15-16-27(29(17-22)32-7)33-19-25-21(6)31-26(18-28(25)34-20(4)5)30-23(9-2)13-11-14-24(30)10-3/h11,13-18,20H,8-10,12,19H2,1-7H3. The molecule has 182 valence electrons. The molecule has 0 saturated heterocycles. The van der Waals surface area contributed by atoms with Gasteiger partial charge in [-0.05, 0) is 68.9 Å². The summed E-state index contributed by atoms with van der Waals surface area (Å²) < 4.78 is 18.1. The van der Waals surface area contributed by atoms with E-state index in [1.165, 1.54) is 22.3 Å². The highest BCUT2D eigenvalue weighted by Crippen LogP contribution is 2.35. The minimum absolute atomic E-state index is 0.0447. The van der Waals surface area contributed by atoms with Crippen molar-refractivity contribution >= 4 is 0 Å². The summed E-state index contributed by atoms with van der Waals surface area (Å²) in [5, 5.41) is 0. The molecule has 0 fully saturated rings. The Kier molecular flexibility index (Phi) is 8.98. The van der Waals surface area contributed by atoms with Crippen molar-refractivity contribution in [2.45, 2.75) is 79.9 Å². The largest absolute Gasteiger partial charge is 0.493 e. The fourth-order valence-corrected chi connectivity index (χ4v) is 4.33. The summed E-state index contributed by atoms with van der Waals surface area (Å²) in [6.07, 6.45) is 4.08. The van der Waals surface area contributed by atoms with E-state index in [1.807, 2.05) is 26.8 Å². The van der Waals surface area contributed by atoms with Crippen molar-refractivity contribution in [1.82, 2.24) is 4.98 Å². The molecule has 4 heteroatoms. The summed E-state index contributed by atoms with van der Waals surface area (Å²) >= 11 is 0. The van der Waals surface area contributed by atoms with E-state index in [1.54, 1.807) is 7.11 Å². The molecule has 0 amide bonds.